The van der Waals surface area contributed by atoms with Gasteiger partial charge in [0.05, 0.1) is 0 Å². The highest BCUT2D eigenvalue weighted by atomic mass is 16.5. The lowest BCUT2D eigenvalue weighted by Gasteiger charge is -2.23. The van der Waals surface area contributed by atoms with E-state index in [1.54, 1.807) is 0 Å². The third-order valence-corrected chi connectivity index (χ3v) is 3.78. The van der Waals surface area contributed by atoms with Crippen LogP contribution >= 0.6 is 0 Å². The fraction of sp³-hybridized carbons (Fsp3) is 0.714. The number of ether oxygens (including phenoxy) is 1. The van der Waals surface area contributed by atoms with E-state index in [1.165, 1.54) is 19.4 Å². The minimum absolute atomic E-state index is 0.394. The molecule has 1 saturated heterocycles. The molecule has 1 aliphatic heterocycles. The van der Waals surface area contributed by atoms with Crippen LogP contribution in [0.1, 0.15) is 32.5 Å². The predicted molar refractivity (Wildman–Crippen MR) is 83.9 cm³/mol. The number of rotatable bonds is 8. The Morgan fingerprint density at radius 2 is 2.19 bits per heavy atom. The monoisotopic (exact) mass is 294 g/mol. The number of anilines is 2. The number of nitrogen functional groups attached to an aromatic ring is 1. The quantitative estimate of drug-likeness (QED) is 0.490. The van der Waals surface area contributed by atoms with Crippen molar-refractivity contribution in [2.24, 2.45) is 5.84 Å². The number of hydrogen-bond acceptors (Lipinski definition) is 7. The van der Waals surface area contributed by atoms with Crippen LogP contribution in [0.3, 0.4) is 0 Å². The van der Waals surface area contributed by atoms with E-state index >= 15 is 0 Å². The summed E-state index contributed by atoms with van der Waals surface area (Å²) in [4.78, 5) is 11.2. The highest BCUT2D eigenvalue weighted by Gasteiger charge is 2.22. The molecule has 7 heteroatoms. The molecule has 7 nitrogen and oxygen atoms in total. The first-order valence-electron chi connectivity index (χ1n) is 7.67. The summed E-state index contributed by atoms with van der Waals surface area (Å²) in [5.74, 6) is 7.48. The summed E-state index contributed by atoms with van der Waals surface area (Å²) >= 11 is 0. The predicted octanol–water partition coefficient (Wildman–Crippen LogP) is 1.19. The van der Waals surface area contributed by atoms with E-state index in [0.29, 0.717) is 30.9 Å². The second-order valence-corrected chi connectivity index (χ2v) is 5.14. The number of nitrogens with one attached hydrogen (secondary N) is 2. The molecule has 0 aromatic carbocycles. The lowest BCUT2D eigenvalue weighted by Crippen LogP contribution is -2.34. The lowest BCUT2D eigenvalue weighted by molar-refractivity contribution is 0.128. The van der Waals surface area contributed by atoms with Gasteiger partial charge in [-0.25, -0.2) is 15.8 Å². The third-order valence-electron chi connectivity index (χ3n) is 3.78. The van der Waals surface area contributed by atoms with Gasteiger partial charge in [-0.2, -0.15) is 0 Å². The van der Waals surface area contributed by atoms with Gasteiger partial charge in [-0.1, -0.05) is 6.92 Å². The van der Waals surface area contributed by atoms with Crippen molar-refractivity contribution in [1.29, 1.82) is 0 Å². The maximum Gasteiger partial charge on any atom is 0.158 e. The maximum absolute atomic E-state index is 5.46. The van der Waals surface area contributed by atoms with Crippen LogP contribution in [0.25, 0.3) is 0 Å². The number of aromatic nitrogens is 2. The molecular formula is C14H26N6O. The SMILES string of the molecule is CCOCc1nc(NN)cc(NCC2CCCN2CC)n1. The van der Waals surface area contributed by atoms with Crippen LogP contribution in [0, 0.1) is 0 Å². The van der Waals surface area contributed by atoms with Crippen LogP contribution in [0.5, 0.6) is 0 Å². The molecule has 1 aromatic rings. The molecule has 118 valence electrons. The van der Waals surface area contributed by atoms with Gasteiger partial charge in [0, 0.05) is 25.3 Å². The summed E-state index contributed by atoms with van der Waals surface area (Å²) < 4.78 is 5.36. The highest BCUT2D eigenvalue weighted by Crippen LogP contribution is 2.18. The van der Waals surface area contributed by atoms with Crippen LogP contribution in [-0.4, -0.2) is 47.2 Å². The molecule has 0 aliphatic carbocycles. The van der Waals surface area contributed by atoms with E-state index in [9.17, 15) is 0 Å². The summed E-state index contributed by atoms with van der Waals surface area (Å²) in [5, 5.41) is 3.40. The van der Waals surface area contributed by atoms with Gasteiger partial charge >= 0.3 is 0 Å². The fourth-order valence-corrected chi connectivity index (χ4v) is 2.68. The van der Waals surface area contributed by atoms with Gasteiger partial charge in [-0.05, 0) is 32.9 Å². The summed E-state index contributed by atoms with van der Waals surface area (Å²) in [6.07, 6.45) is 2.51. The van der Waals surface area contributed by atoms with E-state index in [1.807, 2.05) is 13.0 Å². The van der Waals surface area contributed by atoms with E-state index in [-0.39, 0.29) is 0 Å². The first kappa shape index (κ1) is 15.9. The van der Waals surface area contributed by atoms with Gasteiger partial charge in [0.25, 0.3) is 0 Å². The standard InChI is InChI=1S/C14H26N6O/c1-3-20-7-5-6-11(20)9-16-12-8-13(19-15)18-14(17-12)10-21-4-2/h8,11H,3-7,9-10,15H2,1-2H3,(H2,16,17,18,19). The summed E-state index contributed by atoms with van der Waals surface area (Å²) in [6, 6.07) is 2.40. The number of hydrogen-bond donors (Lipinski definition) is 3. The first-order chi connectivity index (χ1) is 10.3. The van der Waals surface area contributed by atoms with Crippen LogP contribution in [0.4, 0.5) is 11.6 Å². The summed E-state index contributed by atoms with van der Waals surface area (Å²) in [5.41, 5.74) is 2.58. The van der Waals surface area contributed by atoms with Gasteiger partial charge in [-0.3, -0.25) is 4.90 Å². The largest absolute Gasteiger partial charge is 0.374 e. The molecule has 1 atom stereocenters. The number of likely N-dealkylation sites (N-methyl/N-ethyl adjacent to an activating group) is 1. The molecule has 0 radical (unpaired) electrons. The van der Waals surface area contributed by atoms with Crippen molar-refractivity contribution in [3.05, 3.63) is 11.9 Å². The van der Waals surface area contributed by atoms with Gasteiger partial charge in [-0.15, -0.1) is 0 Å². The molecule has 1 aromatic heterocycles. The Labute approximate surface area is 126 Å². The van der Waals surface area contributed by atoms with Gasteiger partial charge in [0.2, 0.25) is 0 Å². The fourth-order valence-electron chi connectivity index (χ4n) is 2.68. The van der Waals surface area contributed by atoms with E-state index < -0.39 is 0 Å². The zero-order valence-electron chi connectivity index (χ0n) is 12.9. The van der Waals surface area contributed by atoms with E-state index in [2.05, 4.69) is 32.5 Å². The number of nitrogens with zero attached hydrogens (tertiary/aromatic N) is 3. The Balaban J connectivity index is 1.97. The minimum atomic E-state index is 0.394. The van der Waals surface area contributed by atoms with Crippen LogP contribution < -0.4 is 16.6 Å². The number of nitrogens with two attached hydrogens (primary N) is 1. The number of hydrazine groups is 1. The van der Waals surface area contributed by atoms with Crippen molar-refractivity contribution in [2.45, 2.75) is 39.3 Å². The Hall–Kier alpha value is -1.44. The average Bonchev–Trinajstić information content (AvgIpc) is 2.98. The Morgan fingerprint density at radius 3 is 2.90 bits per heavy atom. The van der Waals surface area contributed by atoms with Gasteiger partial charge in [0.1, 0.15) is 18.2 Å². The number of likely N-dealkylation sites (tertiary alicyclic amines) is 1. The maximum atomic E-state index is 5.46. The zero-order chi connectivity index (χ0) is 15.1. The Morgan fingerprint density at radius 1 is 1.38 bits per heavy atom. The molecule has 1 unspecified atom stereocenters. The Bertz CT molecular complexity index is 441. The topological polar surface area (TPSA) is 88.3 Å². The normalized spacial score (nSPS) is 18.9. The van der Waals surface area contributed by atoms with Gasteiger partial charge in [0.15, 0.2) is 5.82 Å². The molecule has 2 heterocycles. The van der Waals surface area contributed by atoms with E-state index in [4.69, 9.17) is 10.6 Å². The van der Waals surface area contributed by atoms with Crippen molar-refractivity contribution in [3.63, 3.8) is 0 Å². The molecular weight excluding hydrogens is 268 g/mol. The molecule has 4 N–H and O–H groups in total. The lowest BCUT2D eigenvalue weighted by atomic mass is 10.2. The van der Waals surface area contributed by atoms with Crippen molar-refractivity contribution in [1.82, 2.24) is 14.9 Å². The van der Waals surface area contributed by atoms with Crippen LogP contribution in [-0.2, 0) is 11.3 Å². The second-order valence-electron chi connectivity index (χ2n) is 5.14. The summed E-state index contributed by atoms with van der Waals surface area (Å²) in [7, 11) is 0. The van der Waals surface area contributed by atoms with Crippen LogP contribution in [0.15, 0.2) is 6.07 Å². The smallest absolute Gasteiger partial charge is 0.158 e. The van der Waals surface area contributed by atoms with Crippen LogP contribution in [0.2, 0.25) is 0 Å². The van der Waals surface area contributed by atoms with Crippen molar-refractivity contribution < 1.29 is 4.74 Å². The van der Waals surface area contributed by atoms with Crippen molar-refractivity contribution in [3.8, 4) is 0 Å². The third kappa shape index (κ3) is 4.52. The van der Waals surface area contributed by atoms with Crippen molar-refractivity contribution >= 4 is 11.6 Å². The second kappa shape index (κ2) is 8.11. The molecule has 1 aliphatic rings. The molecule has 0 saturated carbocycles. The molecule has 1 fully saturated rings. The molecule has 0 bridgehead atoms. The average molecular weight is 294 g/mol. The molecule has 2 rings (SSSR count). The zero-order valence-corrected chi connectivity index (χ0v) is 12.9. The van der Waals surface area contributed by atoms with E-state index in [0.717, 1.165) is 18.9 Å². The van der Waals surface area contributed by atoms with Crippen molar-refractivity contribution in [2.75, 3.05) is 37.0 Å². The highest BCUT2D eigenvalue weighted by molar-refractivity contribution is 5.46. The minimum Gasteiger partial charge on any atom is -0.374 e. The Kier molecular flexibility index (Phi) is 6.16. The van der Waals surface area contributed by atoms with Gasteiger partial charge < -0.3 is 15.5 Å². The molecule has 0 amide bonds. The first-order valence-corrected chi connectivity index (χ1v) is 7.67. The molecule has 0 spiro atoms. The summed E-state index contributed by atoms with van der Waals surface area (Å²) in [6.45, 7) is 8.37. The molecule has 21 heavy (non-hydrogen) atoms.